The molecule has 0 saturated heterocycles. The van der Waals surface area contributed by atoms with Gasteiger partial charge in [-0.2, -0.15) is 0 Å². The maximum Gasteiger partial charge on any atom is 0.290 e. The van der Waals surface area contributed by atoms with Gasteiger partial charge >= 0.3 is 0 Å². The Morgan fingerprint density at radius 3 is 2.33 bits per heavy atom. The number of carbonyl (C=O) groups excluding carboxylic acids is 1. The van der Waals surface area contributed by atoms with Crippen molar-refractivity contribution in [2.24, 2.45) is 0 Å². The SMILES string of the molecule is CCS(=O)(=O)N(C)CCCNC(=O)c1nc(-c2ccccc2)n(-c2ccccc2)n1. The first kappa shape index (κ1) is 21.7. The quantitative estimate of drug-likeness (QED) is 0.529. The summed E-state index contributed by atoms with van der Waals surface area (Å²) in [6, 6.07) is 19.0. The molecule has 0 unspecified atom stereocenters. The molecule has 1 amide bonds. The summed E-state index contributed by atoms with van der Waals surface area (Å²) in [5.74, 6) is 0.287. The normalized spacial score (nSPS) is 11.6. The highest BCUT2D eigenvalue weighted by Crippen LogP contribution is 2.20. The lowest BCUT2D eigenvalue weighted by Gasteiger charge is -2.15. The number of nitrogens with one attached hydrogen (secondary N) is 1. The van der Waals surface area contributed by atoms with Gasteiger partial charge in [-0.05, 0) is 25.5 Å². The van der Waals surface area contributed by atoms with Crippen molar-refractivity contribution in [1.82, 2.24) is 24.4 Å². The number of carbonyl (C=O) groups is 1. The summed E-state index contributed by atoms with van der Waals surface area (Å²) in [7, 11) is -1.68. The van der Waals surface area contributed by atoms with Gasteiger partial charge in [0.1, 0.15) is 0 Å². The minimum atomic E-state index is -3.22. The summed E-state index contributed by atoms with van der Waals surface area (Å²) in [4.78, 5) is 17.0. The third-order valence-electron chi connectivity index (χ3n) is 4.62. The van der Waals surface area contributed by atoms with E-state index in [2.05, 4.69) is 15.4 Å². The molecule has 0 fully saturated rings. The lowest BCUT2D eigenvalue weighted by molar-refractivity contribution is 0.0942. The zero-order valence-corrected chi connectivity index (χ0v) is 17.8. The van der Waals surface area contributed by atoms with E-state index in [4.69, 9.17) is 0 Å². The van der Waals surface area contributed by atoms with Crippen LogP contribution in [-0.2, 0) is 10.0 Å². The topological polar surface area (TPSA) is 97.2 Å². The first-order chi connectivity index (χ1) is 14.4. The maximum absolute atomic E-state index is 12.6. The standard InChI is InChI=1S/C21H25N5O3S/c1-3-30(28,29)25(2)16-10-15-22-21(27)19-23-20(17-11-6-4-7-12-17)26(24-19)18-13-8-5-9-14-18/h4-9,11-14H,3,10,15-16H2,1-2H3,(H,22,27). The van der Waals surface area contributed by atoms with E-state index in [1.807, 2.05) is 60.7 Å². The van der Waals surface area contributed by atoms with Crippen LogP contribution in [0.3, 0.4) is 0 Å². The minimum absolute atomic E-state index is 0.0545. The number of nitrogens with zero attached hydrogens (tertiary/aromatic N) is 4. The van der Waals surface area contributed by atoms with Crippen LogP contribution in [0.1, 0.15) is 24.0 Å². The molecule has 0 bridgehead atoms. The molecule has 8 nitrogen and oxygen atoms in total. The van der Waals surface area contributed by atoms with Crippen molar-refractivity contribution >= 4 is 15.9 Å². The Hall–Kier alpha value is -3.04. The fraction of sp³-hybridized carbons (Fsp3) is 0.286. The van der Waals surface area contributed by atoms with E-state index in [0.717, 1.165) is 11.3 Å². The Labute approximate surface area is 176 Å². The lowest BCUT2D eigenvalue weighted by Crippen LogP contribution is -2.32. The van der Waals surface area contributed by atoms with Crippen molar-refractivity contribution < 1.29 is 13.2 Å². The highest BCUT2D eigenvalue weighted by molar-refractivity contribution is 7.89. The fourth-order valence-electron chi connectivity index (χ4n) is 2.87. The van der Waals surface area contributed by atoms with E-state index >= 15 is 0 Å². The van der Waals surface area contributed by atoms with E-state index in [1.54, 1.807) is 11.6 Å². The molecule has 0 aliphatic carbocycles. The van der Waals surface area contributed by atoms with Gasteiger partial charge in [0.25, 0.3) is 5.91 Å². The molecule has 1 heterocycles. The number of benzene rings is 2. The van der Waals surface area contributed by atoms with Crippen LogP contribution in [0.2, 0.25) is 0 Å². The van der Waals surface area contributed by atoms with Crippen LogP contribution in [0.4, 0.5) is 0 Å². The number of hydrogen-bond donors (Lipinski definition) is 1. The molecule has 0 spiro atoms. The highest BCUT2D eigenvalue weighted by Gasteiger charge is 2.19. The second-order valence-electron chi connectivity index (χ2n) is 6.70. The number of rotatable bonds is 9. The van der Waals surface area contributed by atoms with Crippen molar-refractivity contribution in [3.8, 4) is 17.1 Å². The summed E-state index contributed by atoms with van der Waals surface area (Å²) in [6.45, 7) is 2.26. The fourth-order valence-corrected chi connectivity index (χ4v) is 3.72. The van der Waals surface area contributed by atoms with Crippen LogP contribution in [0.5, 0.6) is 0 Å². The van der Waals surface area contributed by atoms with Crippen molar-refractivity contribution in [1.29, 1.82) is 0 Å². The molecule has 30 heavy (non-hydrogen) atoms. The van der Waals surface area contributed by atoms with Crippen molar-refractivity contribution in [3.63, 3.8) is 0 Å². The van der Waals surface area contributed by atoms with Crippen molar-refractivity contribution in [3.05, 3.63) is 66.5 Å². The van der Waals surface area contributed by atoms with Gasteiger partial charge in [-0.1, -0.05) is 48.5 Å². The number of amides is 1. The average Bonchev–Trinajstić information content (AvgIpc) is 3.23. The average molecular weight is 428 g/mol. The molecule has 0 aliphatic rings. The summed E-state index contributed by atoms with van der Waals surface area (Å²) in [5.41, 5.74) is 1.65. The zero-order valence-electron chi connectivity index (χ0n) is 17.0. The minimum Gasteiger partial charge on any atom is -0.349 e. The second-order valence-corrected chi connectivity index (χ2v) is 9.07. The van der Waals surface area contributed by atoms with Gasteiger partial charge in [0.15, 0.2) is 5.82 Å². The molecule has 0 saturated carbocycles. The molecule has 2 aromatic carbocycles. The van der Waals surface area contributed by atoms with E-state index in [1.165, 1.54) is 11.4 Å². The Bertz CT molecular complexity index is 1030. The van der Waals surface area contributed by atoms with Gasteiger partial charge in [0.2, 0.25) is 15.8 Å². The Kier molecular flexibility index (Phi) is 6.96. The number of sulfonamides is 1. The lowest BCUT2D eigenvalue weighted by atomic mass is 10.2. The maximum atomic E-state index is 12.6. The zero-order chi connectivity index (χ0) is 21.6. The Morgan fingerprint density at radius 2 is 1.70 bits per heavy atom. The molecule has 0 atom stereocenters. The van der Waals surface area contributed by atoms with Crippen LogP contribution in [0.15, 0.2) is 60.7 Å². The van der Waals surface area contributed by atoms with E-state index in [0.29, 0.717) is 25.3 Å². The van der Waals surface area contributed by atoms with Crippen LogP contribution in [0.25, 0.3) is 17.1 Å². The predicted octanol–water partition coefficient (Wildman–Crippen LogP) is 2.34. The number of aromatic nitrogens is 3. The van der Waals surface area contributed by atoms with Crippen molar-refractivity contribution in [2.45, 2.75) is 13.3 Å². The second kappa shape index (κ2) is 9.64. The molecule has 1 N–H and O–H groups in total. The molecule has 0 aliphatic heterocycles. The molecule has 158 valence electrons. The van der Waals surface area contributed by atoms with Crippen LogP contribution in [0, 0.1) is 0 Å². The monoisotopic (exact) mass is 427 g/mol. The first-order valence-electron chi connectivity index (χ1n) is 9.72. The van der Waals surface area contributed by atoms with Gasteiger partial charge < -0.3 is 5.32 Å². The molecule has 0 radical (unpaired) electrons. The smallest absolute Gasteiger partial charge is 0.290 e. The van der Waals surface area contributed by atoms with Gasteiger partial charge in [0.05, 0.1) is 11.4 Å². The van der Waals surface area contributed by atoms with Gasteiger partial charge in [-0.25, -0.2) is 22.4 Å². The van der Waals surface area contributed by atoms with Crippen LogP contribution in [-0.4, -0.2) is 59.3 Å². The van der Waals surface area contributed by atoms with Crippen LogP contribution < -0.4 is 5.32 Å². The van der Waals surface area contributed by atoms with Crippen molar-refractivity contribution in [2.75, 3.05) is 25.9 Å². The Balaban J connectivity index is 1.73. The molecular weight excluding hydrogens is 402 g/mol. The summed E-state index contributed by atoms with van der Waals surface area (Å²) in [5, 5.41) is 7.18. The molecule has 3 aromatic rings. The first-order valence-corrected chi connectivity index (χ1v) is 11.3. The molecule has 9 heteroatoms. The Morgan fingerprint density at radius 1 is 1.07 bits per heavy atom. The van der Waals surface area contributed by atoms with Gasteiger partial charge in [-0.3, -0.25) is 4.79 Å². The molecule has 1 aromatic heterocycles. The van der Waals surface area contributed by atoms with Gasteiger partial charge in [-0.15, -0.1) is 5.10 Å². The molecule has 3 rings (SSSR count). The largest absolute Gasteiger partial charge is 0.349 e. The number of para-hydroxylation sites is 1. The number of hydrogen-bond acceptors (Lipinski definition) is 5. The predicted molar refractivity (Wildman–Crippen MR) is 116 cm³/mol. The van der Waals surface area contributed by atoms with Crippen LogP contribution >= 0.6 is 0 Å². The van der Waals surface area contributed by atoms with E-state index in [9.17, 15) is 13.2 Å². The van der Waals surface area contributed by atoms with Gasteiger partial charge in [0, 0.05) is 25.7 Å². The van der Waals surface area contributed by atoms with E-state index < -0.39 is 15.9 Å². The third-order valence-corrected chi connectivity index (χ3v) is 6.48. The highest BCUT2D eigenvalue weighted by atomic mass is 32.2. The summed E-state index contributed by atoms with van der Waals surface area (Å²) < 4.78 is 26.5. The molecular formula is C21H25N5O3S. The third kappa shape index (κ3) is 5.11. The summed E-state index contributed by atoms with van der Waals surface area (Å²) >= 11 is 0. The van der Waals surface area contributed by atoms with E-state index in [-0.39, 0.29) is 11.6 Å². The summed E-state index contributed by atoms with van der Waals surface area (Å²) in [6.07, 6.45) is 0.492.